The van der Waals surface area contributed by atoms with Crippen molar-refractivity contribution in [3.05, 3.63) is 79.0 Å². The SMILES string of the molecule is Cc1c(C)c2c(c(C)c1O)CCC(C)(C(=O)NCc1c(N)n(-c3ccccc3)c(=O)n(C)c1=O)O2. The Hall–Kier alpha value is -4.01. The second-order valence-corrected chi connectivity index (χ2v) is 9.23. The number of aromatic nitrogens is 2. The largest absolute Gasteiger partial charge is 0.507 e. The zero-order valence-electron chi connectivity index (χ0n) is 20.6. The van der Waals surface area contributed by atoms with Gasteiger partial charge >= 0.3 is 5.69 Å². The summed E-state index contributed by atoms with van der Waals surface area (Å²) in [6.07, 6.45) is 0.953. The van der Waals surface area contributed by atoms with Gasteiger partial charge in [-0.25, -0.2) is 9.36 Å². The van der Waals surface area contributed by atoms with Gasteiger partial charge in [0.25, 0.3) is 11.5 Å². The Balaban J connectivity index is 1.64. The number of phenols is 1. The zero-order chi connectivity index (χ0) is 25.7. The van der Waals surface area contributed by atoms with Crippen molar-refractivity contribution in [2.45, 2.75) is 52.7 Å². The molecule has 2 heterocycles. The highest BCUT2D eigenvalue weighted by molar-refractivity contribution is 5.86. The number of ether oxygens (including phenoxy) is 1. The Morgan fingerprint density at radius 1 is 1.14 bits per heavy atom. The lowest BCUT2D eigenvalue weighted by molar-refractivity contribution is -0.137. The van der Waals surface area contributed by atoms with Gasteiger partial charge in [0.15, 0.2) is 5.60 Å². The first-order valence-electron chi connectivity index (χ1n) is 11.4. The number of nitrogen functional groups attached to an aromatic ring is 1. The molecule has 0 fully saturated rings. The molecule has 9 heteroatoms. The van der Waals surface area contributed by atoms with Crippen molar-refractivity contribution in [1.29, 1.82) is 0 Å². The number of nitrogens with zero attached hydrogens (tertiary/aromatic N) is 2. The van der Waals surface area contributed by atoms with Crippen LogP contribution in [0, 0.1) is 20.8 Å². The molecule has 1 aliphatic rings. The van der Waals surface area contributed by atoms with Crippen molar-refractivity contribution in [3.8, 4) is 17.2 Å². The molecule has 2 aromatic carbocycles. The molecular formula is C26H30N4O5. The lowest BCUT2D eigenvalue weighted by Crippen LogP contribution is -2.51. The number of aromatic hydroxyl groups is 1. The highest BCUT2D eigenvalue weighted by Gasteiger charge is 2.40. The van der Waals surface area contributed by atoms with Gasteiger partial charge in [0.05, 0.1) is 17.8 Å². The molecule has 35 heavy (non-hydrogen) atoms. The first kappa shape index (κ1) is 24.1. The molecule has 0 saturated heterocycles. The minimum absolute atomic E-state index is 0.0257. The number of carbonyl (C=O) groups excluding carboxylic acids is 1. The third-order valence-electron chi connectivity index (χ3n) is 7.03. The van der Waals surface area contributed by atoms with E-state index < -0.39 is 22.8 Å². The van der Waals surface area contributed by atoms with E-state index in [2.05, 4.69) is 5.32 Å². The van der Waals surface area contributed by atoms with Crippen LogP contribution in [0.25, 0.3) is 5.69 Å². The number of anilines is 1. The Bertz CT molecular complexity index is 1460. The van der Waals surface area contributed by atoms with E-state index in [1.54, 1.807) is 31.2 Å². The molecule has 1 amide bonds. The van der Waals surface area contributed by atoms with Crippen LogP contribution in [0.1, 0.15) is 41.2 Å². The van der Waals surface area contributed by atoms with Crippen LogP contribution in [-0.4, -0.2) is 25.7 Å². The third-order valence-corrected chi connectivity index (χ3v) is 7.03. The van der Waals surface area contributed by atoms with Crippen LogP contribution < -0.4 is 27.0 Å². The maximum atomic E-state index is 13.3. The minimum Gasteiger partial charge on any atom is -0.507 e. The number of fused-ring (bicyclic) bond motifs is 1. The maximum absolute atomic E-state index is 13.3. The maximum Gasteiger partial charge on any atom is 0.336 e. The quantitative estimate of drug-likeness (QED) is 0.527. The number of benzene rings is 2. The standard InChI is InChI=1S/C26H30N4O5/c1-14-15(2)21-18(16(3)20(14)31)11-12-26(4,35-21)24(33)28-13-19-22(27)30(17-9-7-6-8-10-17)25(34)29(5)23(19)32/h6-10,31H,11-13,27H2,1-5H3,(H,28,33). The molecule has 0 saturated carbocycles. The van der Waals surface area contributed by atoms with E-state index >= 15 is 0 Å². The molecule has 4 N–H and O–H groups in total. The van der Waals surface area contributed by atoms with E-state index in [0.29, 0.717) is 29.8 Å². The molecular weight excluding hydrogens is 448 g/mol. The van der Waals surface area contributed by atoms with Crippen molar-refractivity contribution >= 4 is 11.7 Å². The Kier molecular flexibility index (Phi) is 5.96. The summed E-state index contributed by atoms with van der Waals surface area (Å²) >= 11 is 0. The van der Waals surface area contributed by atoms with Crippen LogP contribution in [0.15, 0.2) is 39.9 Å². The molecule has 1 aromatic heterocycles. The predicted octanol–water partition coefficient (Wildman–Crippen LogP) is 2.15. The summed E-state index contributed by atoms with van der Waals surface area (Å²) in [7, 11) is 1.38. The van der Waals surface area contributed by atoms with Gasteiger partial charge in [-0.1, -0.05) is 18.2 Å². The van der Waals surface area contributed by atoms with Crippen molar-refractivity contribution in [3.63, 3.8) is 0 Å². The average molecular weight is 479 g/mol. The van der Waals surface area contributed by atoms with E-state index in [0.717, 1.165) is 21.3 Å². The monoisotopic (exact) mass is 478 g/mol. The van der Waals surface area contributed by atoms with Gasteiger partial charge in [0.1, 0.15) is 17.3 Å². The van der Waals surface area contributed by atoms with E-state index in [4.69, 9.17) is 10.5 Å². The molecule has 184 valence electrons. The fourth-order valence-corrected chi connectivity index (χ4v) is 4.54. The Morgan fingerprint density at radius 3 is 2.46 bits per heavy atom. The van der Waals surface area contributed by atoms with Gasteiger partial charge in [0.2, 0.25) is 0 Å². The lowest BCUT2D eigenvalue weighted by Gasteiger charge is -2.36. The smallest absolute Gasteiger partial charge is 0.336 e. The highest BCUT2D eigenvalue weighted by atomic mass is 16.5. The molecule has 1 unspecified atom stereocenters. The summed E-state index contributed by atoms with van der Waals surface area (Å²) in [5.74, 6) is 0.430. The van der Waals surface area contributed by atoms with Crippen LogP contribution in [0.3, 0.4) is 0 Å². The number of phenolic OH excluding ortho intramolecular Hbond substituents is 1. The predicted molar refractivity (Wildman–Crippen MR) is 133 cm³/mol. The Morgan fingerprint density at radius 2 is 1.80 bits per heavy atom. The highest BCUT2D eigenvalue weighted by Crippen LogP contribution is 2.43. The summed E-state index contributed by atoms with van der Waals surface area (Å²) < 4.78 is 8.44. The van der Waals surface area contributed by atoms with Gasteiger partial charge in [-0.15, -0.1) is 0 Å². The van der Waals surface area contributed by atoms with Gasteiger partial charge in [-0.3, -0.25) is 14.2 Å². The van der Waals surface area contributed by atoms with Crippen LogP contribution in [0.5, 0.6) is 11.5 Å². The normalized spacial score (nSPS) is 16.9. The number of carbonyl (C=O) groups is 1. The van der Waals surface area contributed by atoms with Crippen LogP contribution in [-0.2, 0) is 24.8 Å². The molecule has 1 atom stereocenters. The molecule has 0 spiro atoms. The number of rotatable bonds is 4. The number of nitrogens with two attached hydrogens (primary N) is 1. The van der Waals surface area contributed by atoms with Gasteiger partial charge in [0, 0.05) is 19.0 Å². The summed E-state index contributed by atoms with van der Waals surface area (Å²) in [6.45, 7) is 7.05. The number of hydrogen-bond donors (Lipinski definition) is 3. The third kappa shape index (κ3) is 3.86. The molecule has 4 rings (SSSR count). The van der Waals surface area contributed by atoms with Gasteiger partial charge < -0.3 is 20.9 Å². The van der Waals surface area contributed by atoms with Crippen molar-refractivity contribution < 1.29 is 14.6 Å². The van der Waals surface area contributed by atoms with Crippen LogP contribution in [0.2, 0.25) is 0 Å². The topological polar surface area (TPSA) is 129 Å². The molecule has 0 radical (unpaired) electrons. The fourth-order valence-electron chi connectivity index (χ4n) is 4.54. The number of hydrogen-bond acceptors (Lipinski definition) is 6. The first-order chi connectivity index (χ1) is 16.5. The Labute approximate surface area is 202 Å². The summed E-state index contributed by atoms with van der Waals surface area (Å²) in [4.78, 5) is 38.9. The molecule has 0 aliphatic carbocycles. The van der Waals surface area contributed by atoms with E-state index in [-0.39, 0.29) is 23.7 Å². The van der Waals surface area contributed by atoms with Crippen molar-refractivity contribution in [2.75, 3.05) is 5.73 Å². The van der Waals surface area contributed by atoms with E-state index in [1.165, 1.54) is 11.6 Å². The van der Waals surface area contributed by atoms with Gasteiger partial charge in [-0.2, -0.15) is 0 Å². The zero-order valence-corrected chi connectivity index (χ0v) is 20.6. The van der Waals surface area contributed by atoms with Gasteiger partial charge in [-0.05, 0) is 62.9 Å². The second kappa shape index (κ2) is 8.65. The minimum atomic E-state index is -1.18. The lowest BCUT2D eigenvalue weighted by atomic mass is 9.86. The van der Waals surface area contributed by atoms with Crippen LogP contribution >= 0.6 is 0 Å². The summed E-state index contributed by atoms with van der Waals surface area (Å²) in [6, 6.07) is 8.76. The molecule has 9 nitrogen and oxygen atoms in total. The number of nitrogens with one attached hydrogen (secondary N) is 1. The van der Waals surface area contributed by atoms with E-state index in [9.17, 15) is 19.5 Å². The van der Waals surface area contributed by atoms with Crippen molar-refractivity contribution in [1.82, 2.24) is 14.5 Å². The fraction of sp³-hybridized carbons (Fsp3) is 0.346. The van der Waals surface area contributed by atoms with E-state index in [1.807, 2.05) is 26.8 Å². The van der Waals surface area contributed by atoms with Crippen LogP contribution in [0.4, 0.5) is 5.82 Å². The number of amides is 1. The first-order valence-corrected chi connectivity index (χ1v) is 11.4. The molecule has 3 aromatic rings. The molecule has 1 aliphatic heterocycles. The number of para-hydroxylation sites is 1. The molecule has 0 bridgehead atoms. The summed E-state index contributed by atoms with van der Waals surface area (Å²) in [5, 5.41) is 13.2. The summed E-state index contributed by atoms with van der Waals surface area (Å²) in [5.41, 5.74) is 7.71. The van der Waals surface area contributed by atoms with Crippen molar-refractivity contribution in [2.24, 2.45) is 7.05 Å². The average Bonchev–Trinajstić information content (AvgIpc) is 2.85. The second-order valence-electron chi connectivity index (χ2n) is 9.23.